The summed E-state index contributed by atoms with van der Waals surface area (Å²) < 4.78 is 25.1. The normalized spacial score (nSPS) is 16.5. The van der Waals surface area contributed by atoms with Crippen LogP contribution in [0.2, 0.25) is 0 Å². The lowest BCUT2D eigenvalue weighted by molar-refractivity contribution is -0.879. The van der Waals surface area contributed by atoms with Gasteiger partial charge < -0.3 is 4.48 Å². The zero-order valence-corrected chi connectivity index (χ0v) is 8.57. The molecule has 11 heavy (non-hydrogen) atoms. The first-order valence-corrected chi connectivity index (χ1v) is 5.00. The maximum absolute atomic E-state index is 11.2. The number of nitrogens with zero attached hydrogens (tertiary/aromatic N) is 1. The fraction of sp³-hybridized carbons (Fsp3) is 1.00. The second-order valence-corrected chi connectivity index (χ2v) is 5.65. The van der Waals surface area contributed by atoms with Gasteiger partial charge in [-0.25, -0.2) is 13.1 Å². The van der Waals surface area contributed by atoms with E-state index in [1.165, 1.54) is 7.05 Å². The zero-order valence-electron chi connectivity index (χ0n) is 7.75. The quantitative estimate of drug-likeness (QED) is 0.602. The summed E-state index contributed by atoms with van der Waals surface area (Å²) in [5.74, 6) is 0. The summed E-state index contributed by atoms with van der Waals surface area (Å²) in [6, 6.07) is 0. The van der Waals surface area contributed by atoms with E-state index in [1.807, 2.05) is 21.1 Å². The molecule has 68 valence electrons. The first-order chi connectivity index (χ1) is 4.72. The van der Waals surface area contributed by atoms with Crippen LogP contribution in [0, 0.1) is 0 Å². The molecule has 0 amide bonds. The summed E-state index contributed by atoms with van der Waals surface area (Å²) in [5.41, 5.74) is 0. The van der Waals surface area contributed by atoms with Crippen molar-refractivity contribution in [2.75, 3.05) is 28.2 Å². The van der Waals surface area contributed by atoms with Crippen molar-refractivity contribution in [2.45, 2.75) is 12.3 Å². The fourth-order valence-electron chi connectivity index (χ4n) is 0.587. The van der Waals surface area contributed by atoms with Crippen molar-refractivity contribution in [3.8, 4) is 0 Å². The Hall–Kier alpha value is -0.130. The van der Waals surface area contributed by atoms with Gasteiger partial charge in [0.25, 0.3) is 10.0 Å². The summed E-state index contributed by atoms with van der Waals surface area (Å²) in [5, 5.41) is -0.424. The van der Waals surface area contributed by atoms with Crippen molar-refractivity contribution in [1.29, 1.82) is 0 Å². The standard InChI is InChI=1S/C6H17N2O2S/c1-6(8(3,4)5)11(9,10)7-2/h6-7H,1-5H3/q+1. The van der Waals surface area contributed by atoms with Gasteiger partial charge in [0.15, 0.2) is 0 Å². The van der Waals surface area contributed by atoms with Gasteiger partial charge in [0.05, 0.1) is 21.1 Å². The molecule has 0 aliphatic rings. The van der Waals surface area contributed by atoms with Crippen LogP contribution in [0.15, 0.2) is 0 Å². The maximum atomic E-state index is 11.2. The summed E-state index contributed by atoms with van der Waals surface area (Å²) in [4.78, 5) is 0. The first kappa shape index (κ1) is 10.9. The van der Waals surface area contributed by atoms with E-state index in [2.05, 4.69) is 4.72 Å². The van der Waals surface area contributed by atoms with Crippen LogP contribution in [0.25, 0.3) is 0 Å². The number of hydrogen-bond acceptors (Lipinski definition) is 2. The molecule has 0 aromatic heterocycles. The molecule has 1 atom stereocenters. The summed E-state index contributed by atoms with van der Waals surface area (Å²) >= 11 is 0. The first-order valence-electron chi connectivity index (χ1n) is 3.45. The van der Waals surface area contributed by atoms with Crippen molar-refractivity contribution < 1.29 is 12.9 Å². The molecule has 0 aliphatic carbocycles. The van der Waals surface area contributed by atoms with Crippen LogP contribution >= 0.6 is 0 Å². The lowest BCUT2D eigenvalue weighted by Gasteiger charge is -2.30. The highest BCUT2D eigenvalue weighted by atomic mass is 32.2. The summed E-state index contributed by atoms with van der Waals surface area (Å²) in [6.45, 7) is 1.69. The van der Waals surface area contributed by atoms with Crippen LogP contribution in [0.5, 0.6) is 0 Å². The largest absolute Gasteiger partial charge is 0.315 e. The Labute approximate surface area is 68.8 Å². The van der Waals surface area contributed by atoms with E-state index >= 15 is 0 Å². The number of hydrogen-bond donors (Lipinski definition) is 1. The van der Waals surface area contributed by atoms with Crippen LogP contribution < -0.4 is 4.72 Å². The number of quaternary nitrogens is 1. The monoisotopic (exact) mass is 181 g/mol. The Morgan fingerprint density at radius 1 is 1.27 bits per heavy atom. The van der Waals surface area contributed by atoms with Gasteiger partial charge in [-0.3, -0.25) is 0 Å². The SMILES string of the molecule is CNS(=O)(=O)C(C)[N+](C)(C)C. The Morgan fingerprint density at radius 3 is 1.73 bits per heavy atom. The average molecular weight is 181 g/mol. The van der Waals surface area contributed by atoms with Crippen LogP contribution in [0.3, 0.4) is 0 Å². The molecular weight excluding hydrogens is 164 g/mol. The second-order valence-electron chi connectivity index (χ2n) is 3.46. The number of nitrogens with one attached hydrogen (secondary N) is 1. The van der Waals surface area contributed by atoms with Crippen molar-refractivity contribution in [1.82, 2.24) is 4.72 Å². The molecule has 0 saturated heterocycles. The topological polar surface area (TPSA) is 46.2 Å². The molecule has 1 unspecified atom stereocenters. The fourth-order valence-corrected chi connectivity index (χ4v) is 1.76. The molecule has 5 heteroatoms. The molecule has 0 heterocycles. The lowest BCUT2D eigenvalue weighted by atomic mass is 10.6. The van der Waals surface area contributed by atoms with Gasteiger partial charge in [-0.15, -0.1) is 0 Å². The van der Waals surface area contributed by atoms with E-state index in [1.54, 1.807) is 6.92 Å². The molecule has 0 bridgehead atoms. The highest BCUT2D eigenvalue weighted by Gasteiger charge is 2.30. The third kappa shape index (κ3) is 2.76. The molecule has 0 aromatic rings. The zero-order chi connectivity index (χ0) is 9.28. The smallest absolute Gasteiger partial charge is 0.265 e. The number of sulfonamides is 1. The Kier molecular flexibility index (Phi) is 3.05. The van der Waals surface area contributed by atoms with Gasteiger partial charge in [-0.2, -0.15) is 0 Å². The van der Waals surface area contributed by atoms with Crippen molar-refractivity contribution in [3.63, 3.8) is 0 Å². The predicted molar refractivity (Wildman–Crippen MR) is 45.5 cm³/mol. The highest BCUT2D eigenvalue weighted by Crippen LogP contribution is 2.07. The minimum atomic E-state index is -3.13. The molecular formula is C6H17N2O2S+. The molecule has 4 nitrogen and oxygen atoms in total. The Morgan fingerprint density at radius 2 is 1.64 bits per heavy atom. The van der Waals surface area contributed by atoms with Crippen molar-refractivity contribution >= 4 is 10.0 Å². The lowest BCUT2D eigenvalue weighted by Crippen LogP contribution is -2.50. The van der Waals surface area contributed by atoms with Crippen LogP contribution in [-0.2, 0) is 10.0 Å². The molecule has 0 radical (unpaired) electrons. The minimum absolute atomic E-state index is 0.406. The molecule has 0 fully saturated rings. The van der Waals surface area contributed by atoms with Gasteiger partial charge in [-0.05, 0) is 7.05 Å². The van der Waals surface area contributed by atoms with E-state index in [0.717, 1.165) is 0 Å². The van der Waals surface area contributed by atoms with Crippen molar-refractivity contribution in [3.05, 3.63) is 0 Å². The molecule has 0 rings (SSSR count). The third-order valence-corrected chi connectivity index (χ3v) is 3.92. The van der Waals surface area contributed by atoms with Gasteiger partial charge >= 0.3 is 0 Å². The van der Waals surface area contributed by atoms with Crippen LogP contribution in [0.1, 0.15) is 6.92 Å². The second kappa shape index (κ2) is 3.08. The van der Waals surface area contributed by atoms with E-state index in [0.29, 0.717) is 4.48 Å². The maximum Gasteiger partial charge on any atom is 0.265 e. The molecule has 0 aromatic carbocycles. The minimum Gasteiger partial charge on any atom is -0.315 e. The van der Waals surface area contributed by atoms with Gasteiger partial charge in [0.2, 0.25) is 5.37 Å². The van der Waals surface area contributed by atoms with E-state index < -0.39 is 15.4 Å². The molecule has 1 N–H and O–H groups in total. The van der Waals surface area contributed by atoms with E-state index in [4.69, 9.17) is 0 Å². The van der Waals surface area contributed by atoms with Crippen LogP contribution in [0.4, 0.5) is 0 Å². The van der Waals surface area contributed by atoms with Crippen molar-refractivity contribution in [2.24, 2.45) is 0 Å². The Balaban J connectivity index is 4.64. The third-order valence-electron chi connectivity index (χ3n) is 1.82. The number of rotatable bonds is 3. The Bertz CT molecular complexity index is 215. The van der Waals surface area contributed by atoms with E-state index in [9.17, 15) is 8.42 Å². The van der Waals surface area contributed by atoms with Gasteiger partial charge in [-0.1, -0.05) is 0 Å². The summed E-state index contributed by atoms with van der Waals surface area (Å²) in [7, 11) is 3.84. The molecule has 0 aliphatic heterocycles. The molecule has 0 spiro atoms. The van der Waals surface area contributed by atoms with Gasteiger partial charge in [0.1, 0.15) is 0 Å². The van der Waals surface area contributed by atoms with Gasteiger partial charge in [0, 0.05) is 6.92 Å². The average Bonchev–Trinajstić information content (AvgIpc) is 1.84. The molecule has 0 saturated carbocycles. The highest BCUT2D eigenvalue weighted by molar-refractivity contribution is 7.89. The summed E-state index contributed by atoms with van der Waals surface area (Å²) in [6.07, 6.45) is 0. The van der Waals surface area contributed by atoms with Crippen LogP contribution in [-0.4, -0.2) is 46.5 Å². The van der Waals surface area contributed by atoms with E-state index in [-0.39, 0.29) is 0 Å². The predicted octanol–water partition coefficient (Wildman–Crippen LogP) is -0.412.